The lowest BCUT2D eigenvalue weighted by atomic mass is 9.81. The third-order valence-electron chi connectivity index (χ3n) is 4.41. The largest absolute Gasteiger partial charge is 0.481 e. The number of allylic oxidation sites excluding steroid dienone is 2. The van der Waals surface area contributed by atoms with Gasteiger partial charge in [0.2, 0.25) is 0 Å². The first kappa shape index (κ1) is 10.3. The minimum Gasteiger partial charge on any atom is -0.481 e. The Morgan fingerprint density at radius 1 is 1.41 bits per heavy atom. The zero-order valence-corrected chi connectivity index (χ0v) is 11.6. The van der Waals surface area contributed by atoms with Crippen LogP contribution < -0.4 is 0 Å². The number of hydrogen-bond acceptors (Lipinski definition) is 3. The minimum absolute atomic E-state index is 0.0937. The first-order valence-corrected chi connectivity index (χ1v) is 7.26. The molecule has 2 fully saturated rings. The van der Waals surface area contributed by atoms with Gasteiger partial charge in [-0.15, -0.1) is 0 Å². The Balaban J connectivity index is 1.89. The molecule has 0 aromatic carbocycles. The number of aliphatic hydroxyl groups excluding tert-OH is 1. The van der Waals surface area contributed by atoms with Crippen LogP contribution in [0.4, 0.5) is 0 Å². The van der Waals surface area contributed by atoms with Gasteiger partial charge in [-0.25, -0.2) is 0 Å². The molecule has 1 spiro atoms. The quantitative estimate of drug-likeness (QED) is 0.687. The molecule has 0 amide bonds. The molecule has 3 aliphatic heterocycles. The summed E-state index contributed by atoms with van der Waals surface area (Å²) in [7, 11) is 0. The Hall–Kier alpha value is -0.650. The summed E-state index contributed by atoms with van der Waals surface area (Å²) < 4.78 is 7.08. The maximum absolute atomic E-state index is 9.74. The molecule has 4 heteroatoms. The van der Waals surface area contributed by atoms with Gasteiger partial charge in [0.1, 0.15) is 0 Å². The number of hydrogen-bond donors (Lipinski definition) is 1. The van der Waals surface area contributed by atoms with Gasteiger partial charge in [-0.3, -0.25) is 0 Å². The van der Waals surface area contributed by atoms with E-state index in [4.69, 9.17) is 4.74 Å². The third-order valence-corrected chi connectivity index (χ3v) is 5.31. The van der Waals surface area contributed by atoms with Crippen molar-refractivity contribution in [2.24, 2.45) is 0 Å². The molecular weight excluding hydrogens is 329 g/mol. The summed E-state index contributed by atoms with van der Waals surface area (Å²) in [4.78, 5) is 2.50. The van der Waals surface area contributed by atoms with E-state index < -0.39 is 0 Å². The molecule has 0 unspecified atom stereocenters. The molecule has 17 heavy (non-hydrogen) atoms. The summed E-state index contributed by atoms with van der Waals surface area (Å²) >= 11 is 2.36. The predicted octanol–water partition coefficient (Wildman–Crippen LogP) is 3.00. The zero-order valence-electron chi connectivity index (χ0n) is 9.45. The maximum atomic E-state index is 9.74. The Morgan fingerprint density at radius 2 is 2.29 bits per heavy atom. The van der Waals surface area contributed by atoms with Gasteiger partial charge in [0.15, 0.2) is 5.60 Å². The van der Waals surface area contributed by atoms with Crippen LogP contribution in [0, 0.1) is 0 Å². The fourth-order valence-electron chi connectivity index (χ4n) is 3.77. The Bertz CT molecular complexity index is 494. The minimum atomic E-state index is -0.273. The molecule has 2 atom stereocenters. The van der Waals surface area contributed by atoms with E-state index in [0.717, 1.165) is 13.0 Å². The van der Waals surface area contributed by atoms with Gasteiger partial charge in [-0.1, -0.05) is 0 Å². The second kappa shape index (κ2) is 3.22. The second-order valence-electron chi connectivity index (χ2n) is 5.25. The predicted molar refractivity (Wildman–Crippen MR) is 72.6 cm³/mol. The van der Waals surface area contributed by atoms with Gasteiger partial charge in [0, 0.05) is 33.9 Å². The summed E-state index contributed by atoms with van der Waals surface area (Å²) in [5, 5.41) is 9.74. The SMILES string of the molecule is OC1=CC2=C(I)C=C3C[C@@]2(O1)[C@H]1CCCCN31. The molecule has 2 bridgehead atoms. The highest BCUT2D eigenvalue weighted by atomic mass is 127. The summed E-state index contributed by atoms with van der Waals surface area (Å²) in [5.41, 5.74) is 2.31. The molecule has 1 aliphatic carbocycles. The van der Waals surface area contributed by atoms with E-state index in [-0.39, 0.29) is 11.5 Å². The molecular formula is C13H14INO2. The maximum Gasteiger partial charge on any atom is 0.278 e. The molecule has 3 nitrogen and oxygen atoms in total. The molecule has 1 N–H and O–H groups in total. The molecule has 0 aromatic rings. The van der Waals surface area contributed by atoms with Gasteiger partial charge in [-0.05, 0) is 47.9 Å². The van der Waals surface area contributed by atoms with E-state index in [9.17, 15) is 5.11 Å². The highest BCUT2D eigenvalue weighted by Crippen LogP contribution is 2.55. The van der Waals surface area contributed by atoms with Crippen LogP contribution in [0.3, 0.4) is 0 Å². The first-order valence-electron chi connectivity index (χ1n) is 6.18. The number of rotatable bonds is 0. The molecule has 0 saturated carbocycles. The molecule has 3 heterocycles. The fraction of sp³-hybridized carbons (Fsp3) is 0.538. The molecule has 4 aliphatic rings. The molecule has 90 valence electrons. The molecule has 4 rings (SSSR count). The number of nitrogens with zero attached hydrogens (tertiary/aromatic N) is 1. The summed E-state index contributed by atoms with van der Waals surface area (Å²) in [6, 6.07) is 0.422. The third kappa shape index (κ3) is 1.17. The summed E-state index contributed by atoms with van der Waals surface area (Å²) in [5.74, 6) is 0.0937. The lowest BCUT2D eigenvalue weighted by Crippen LogP contribution is -2.47. The van der Waals surface area contributed by atoms with Crippen LogP contribution in [-0.4, -0.2) is 28.2 Å². The van der Waals surface area contributed by atoms with Gasteiger partial charge < -0.3 is 14.7 Å². The van der Waals surface area contributed by atoms with Crippen LogP contribution in [0.1, 0.15) is 25.7 Å². The molecule has 2 saturated heterocycles. The second-order valence-corrected chi connectivity index (χ2v) is 6.42. The molecule has 0 aromatic heterocycles. The van der Waals surface area contributed by atoms with Crippen LogP contribution in [-0.2, 0) is 4.74 Å². The van der Waals surface area contributed by atoms with Crippen LogP contribution >= 0.6 is 22.6 Å². The van der Waals surface area contributed by atoms with Gasteiger partial charge in [0.05, 0.1) is 6.04 Å². The van der Waals surface area contributed by atoms with Gasteiger partial charge in [-0.2, -0.15) is 0 Å². The first-order chi connectivity index (χ1) is 8.21. The van der Waals surface area contributed by atoms with Crippen LogP contribution in [0.25, 0.3) is 0 Å². The Labute approximate surface area is 114 Å². The highest BCUT2D eigenvalue weighted by molar-refractivity contribution is 14.1. The topological polar surface area (TPSA) is 32.7 Å². The van der Waals surface area contributed by atoms with Crippen molar-refractivity contribution in [1.29, 1.82) is 0 Å². The highest BCUT2D eigenvalue weighted by Gasteiger charge is 2.58. The van der Waals surface area contributed by atoms with Crippen LogP contribution in [0.2, 0.25) is 0 Å². The number of ether oxygens (including phenoxy) is 1. The number of piperidine rings is 1. The normalized spacial score (nSPS) is 38.4. The van der Waals surface area contributed by atoms with E-state index in [1.165, 1.54) is 34.1 Å². The molecule has 0 radical (unpaired) electrons. The van der Waals surface area contributed by atoms with Crippen LogP contribution in [0.15, 0.2) is 32.9 Å². The van der Waals surface area contributed by atoms with Crippen molar-refractivity contribution >= 4 is 22.6 Å². The average Bonchev–Trinajstić information content (AvgIpc) is 2.79. The van der Waals surface area contributed by atoms with Crippen molar-refractivity contribution in [2.45, 2.75) is 37.3 Å². The number of aliphatic hydroxyl groups is 1. The van der Waals surface area contributed by atoms with Crippen molar-refractivity contribution in [3.8, 4) is 0 Å². The smallest absolute Gasteiger partial charge is 0.278 e. The standard InChI is InChI=1S/C13H14INO2/c14-10-5-8-7-13(9(10)6-12(16)17-13)11-3-1-2-4-15(8)11/h5-6,11,16H,1-4,7H2/t11-,13+/m1/s1. The summed E-state index contributed by atoms with van der Waals surface area (Å²) in [6.45, 7) is 1.14. The lowest BCUT2D eigenvalue weighted by Gasteiger charge is -2.38. The van der Waals surface area contributed by atoms with Crippen molar-refractivity contribution < 1.29 is 9.84 Å². The van der Waals surface area contributed by atoms with Crippen molar-refractivity contribution in [2.75, 3.05) is 6.54 Å². The van der Waals surface area contributed by atoms with Crippen molar-refractivity contribution in [3.05, 3.63) is 32.9 Å². The Morgan fingerprint density at radius 3 is 3.18 bits per heavy atom. The van der Waals surface area contributed by atoms with Crippen molar-refractivity contribution in [1.82, 2.24) is 4.90 Å². The average molecular weight is 343 g/mol. The van der Waals surface area contributed by atoms with Gasteiger partial charge in [0.25, 0.3) is 5.95 Å². The summed E-state index contributed by atoms with van der Waals surface area (Å²) in [6.07, 6.45) is 8.72. The number of fused-ring (bicyclic) bond motifs is 3. The lowest BCUT2D eigenvalue weighted by molar-refractivity contribution is -0.0359. The van der Waals surface area contributed by atoms with E-state index in [1.54, 1.807) is 0 Å². The zero-order chi connectivity index (χ0) is 11.6. The van der Waals surface area contributed by atoms with Gasteiger partial charge >= 0.3 is 0 Å². The number of halogens is 1. The Kier molecular flexibility index (Phi) is 1.95. The fourth-order valence-corrected chi connectivity index (χ4v) is 4.74. The van der Waals surface area contributed by atoms with Crippen LogP contribution in [0.5, 0.6) is 0 Å². The van der Waals surface area contributed by atoms with E-state index in [0.29, 0.717) is 6.04 Å². The van der Waals surface area contributed by atoms with E-state index in [1.807, 2.05) is 6.08 Å². The van der Waals surface area contributed by atoms with E-state index >= 15 is 0 Å². The van der Waals surface area contributed by atoms with E-state index in [2.05, 4.69) is 33.6 Å². The monoisotopic (exact) mass is 343 g/mol. The van der Waals surface area contributed by atoms with Crippen molar-refractivity contribution in [3.63, 3.8) is 0 Å².